The molecule has 174 valence electrons. The van der Waals surface area contributed by atoms with Crippen LogP contribution in [0.5, 0.6) is 11.5 Å². The zero-order valence-corrected chi connectivity index (χ0v) is 19.5. The number of amides is 2. The highest BCUT2D eigenvalue weighted by Gasteiger charge is 2.13. The number of carboxylic acids is 1. The summed E-state index contributed by atoms with van der Waals surface area (Å²) in [6.07, 6.45) is 1.40. The Labute approximate surface area is 203 Å². The fourth-order valence-electron chi connectivity index (χ4n) is 2.82. The van der Waals surface area contributed by atoms with E-state index in [-0.39, 0.29) is 11.7 Å². The number of anilines is 1. The van der Waals surface area contributed by atoms with Crippen LogP contribution >= 0.6 is 15.9 Å². The lowest BCUT2D eigenvalue weighted by atomic mass is 10.1. The fourth-order valence-corrected chi connectivity index (χ4v) is 3.39. The molecule has 0 fully saturated rings. The molecule has 0 spiro atoms. The third kappa shape index (κ3) is 6.66. The Balaban J connectivity index is 1.60. The molecule has 0 saturated carbocycles. The van der Waals surface area contributed by atoms with Gasteiger partial charge in [-0.25, -0.2) is 10.2 Å². The number of nitrogens with one attached hydrogen (secondary N) is 2. The average Bonchev–Trinajstić information content (AvgIpc) is 2.83. The third-order valence-corrected chi connectivity index (χ3v) is 5.00. The molecular formula is C24H20BrN3O6. The second-order valence-corrected chi connectivity index (χ2v) is 7.67. The molecule has 0 unspecified atom stereocenters. The van der Waals surface area contributed by atoms with E-state index in [1.807, 2.05) is 6.07 Å². The van der Waals surface area contributed by atoms with E-state index in [0.717, 1.165) is 0 Å². The number of halogens is 1. The van der Waals surface area contributed by atoms with Crippen molar-refractivity contribution in [1.29, 1.82) is 0 Å². The Hall–Kier alpha value is -4.18. The van der Waals surface area contributed by atoms with Crippen molar-refractivity contribution in [2.45, 2.75) is 0 Å². The molecule has 3 N–H and O–H groups in total. The number of rotatable bonds is 9. The number of hydrogen-bond donors (Lipinski definition) is 3. The number of ether oxygens (including phenoxy) is 2. The number of nitrogens with zero attached hydrogens (tertiary/aromatic N) is 1. The number of benzene rings is 3. The summed E-state index contributed by atoms with van der Waals surface area (Å²) in [4.78, 5) is 35.3. The van der Waals surface area contributed by atoms with Crippen LogP contribution in [0.1, 0.15) is 26.3 Å². The van der Waals surface area contributed by atoms with E-state index >= 15 is 0 Å². The molecular weight excluding hydrogens is 506 g/mol. The van der Waals surface area contributed by atoms with Gasteiger partial charge in [-0.15, -0.1) is 0 Å². The molecule has 0 saturated heterocycles. The van der Waals surface area contributed by atoms with Crippen LogP contribution in [-0.4, -0.2) is 42.8 Å². The van der Waals surface area contributed by atoms with E-state index < -0.39 is 18.5 Å². The van der Waals surface area contributed by atoms with E-state index in [2.05, 4.69) is 31.8 Å². The van der Waals surface area contributed by atoms with Crippen LogP contribution in [0.4, 0.5) is 5.69 Å². The fraction of sp³-hybridized carbons (Fsp3) is 0.0833. The van der Waals surface area contributed by atoms with Crippen LogP contribution in [0.15, 0.2) is 76.3 Å². The highest BCUT2D eigenvalue weighted by molar-refractivity contribution is 9.10. The van der Waals surface area contributed by atoms with Gasteiger partial charge in [0, 0.05) is 16.8 Å². The van der Waals surface area contributed by atoms with Gasteiger partial charge in [0.05, 0.1) is 17.8 Å². The van der Waals surface area contributed by atoms with Gasteiger partial charge < -0.3 is 19.9 Å². The smallest absolute Gasteiger partial charge is 0.341 e. The number of aliphatic carboxylic acids is 1. The molecule has 2 amide bonds. The topological polar surface area (TPSA) is 126 Å². The molecule has 0 bridgehead atoms. The summed E-state index contributed by atoms with van der Waals surface area (Å²) >= 11 is 3.31. The van der Waals surface area contributed by atoms with Crippen LogP contribution < -0.4 is 20.2 Å². The number of hydrogen-bond acceptors (Lipinski definition) is 6. The molecule has 0 aliphatic rings. The Bertz CT molecular complexity index is 1210. The first-order valence-electron chi connectivity index (χ1n) is 9.89. The molecule has 10 heteroatoms. The molecule has 0 aliphatic carbocycles. The van der Waals surface area contributed by atoms with Gasteiger partial charge in [-0.2, -0.15) is 5.10 Å². The van der Waals surface area contributed by atoms with Crippen molar-refractivity contribution in [1.82, 2.24) is 5.43 Å². The van der Waals surface area contributed by atoms with E-state index in [9.17, 15) is 14.4 Å². The first-order valence-corrected chi connectivity index (χ1v) is 10.7. The van der Waals surface area contributed by atoms with Gasteiger partial charge >= 0.3 is 5.97 Å². The highest BCUT2D eigenvalue weighted by atomic mass is 79.9. The van der Waals surface area contributed by atoms with E-state index in [4.69, 9.17) is 14.6 Å². The van der Waals surface area contributed by atoms with Crippen LogP contribution in [0, 0.1) is 0 Å². The Kier molecular flexibility index (Phi) is 8.36. The summed E-state index contributed by atoms with van der Waals surface area (Å²) in [5.41, 5.74) is 4.43. The van der Waals surface area contributed by atoms with E-state index in [1.54, 1.807) is 60.7 Å². The lowest BCUT2D eigenvalue weighted by Gasteiger charge is -2.12. The Morgan fingerprint density at radius 1 is 1.00 bits per heavy atom. The second kappa shape index (κ2) is 11.6. The maximum absolute atomic E-state index is 12.4. The monoisotopic (exact) mass is 525 g/mol. The lowest BCUT2D eigenvalue weighted by molar-refractivity contribution is -0.139. The van der Waals surface area contributed by atoms with Crippen molar-refractivity contribution < 1.29 is 29.0 Å². The molecule has 0 radical (unpaired) electrons. The molecule has 0 aromatic heterocycles. The minimum Gasteiger partial charge on any atom is -0.493 e. The van der Waals surface area contributed by atoms with Gasteiger partial charge in [-0.3, -0.25) is 9.59 Å². The van der Waals surface area contributed by atoms with Gasteiger partial charge in [0.15, 0.2) is 18.1 Å². The van der Waals surface area contributed by atoms with Crippen molar-refractivity contribution in [3.63, 3.8) is 0 Å². The lowest BCUT2D eigenvalue weighted by Crippen LogP contribution is -2.18. The summed E-state index contributed by atoms with van der Waals surface area (Å²) < 4.78 is 10.9. The predicted octanol–water partition coefficient (Wildman–Crippen LogP) is 3.94. The Morgan fingerprint density at radius 2 is 1.68 bits per heavy atom. The summed E-state index contributed by atoms with van der Waals surface area (Å²) in [5.74, 6) is -1.26. The zero-order valence-electron chi connectivity index (χ0n) is 17.9. The molecule has 3 aromatic carbocycles. The third-order valence-electron chi connectivity index (χ3n) is 4.41. The van der Waals surface area contributed by atoms with Crippen molar-refractivity contribution in [3.05, 3.63) is 87.9 Å². The quantitative estimate of drug-likeness (QED) is 0.287. The van der Waals surface area contributed by atoms with E-state index in [1.165, 1.54) is 13.3 Å². The van der Waals surface area contributed by atoms with Crippen molar-refractivity contribution >= 4 is 45.6 Å². The van der Waals surface area contributed by atoms with Crippen molar-refractivity contribution in [2.75, 3.05) is 19.0 Å². The second-order valence-electron chi connectivity index (χ2n) is 6.81. The predicted molar refractivity (Wildman–Crippen MR) is 130 cm³/mol. The number of carbonyl (C=O) groups is 3. The minimum atomic E-state index is -1.12. The van der Waals surface area contributed by atoms with Gasteiger partial charge in [0.2, 0.25) is 0 Å². The first-order chi connectivity index (χ1) is 16.4. The normalized spacial score (nSPS) is 10.5. The molecule has 3 rings (SSSR count). The summed E-state index contributed by atoms with van der Waals surface area (Å²) in [7, 11) is 1.42. The van der Waals surface area contributed by atoms with Crippen LogP contribution in [-0.2, 0) is 4.79 Å². The zero-order chi connectivity index (χ0) is 24.5. The molecule has 3 aromatic rings. The van der Waals surface area contributed by atoms with Gasteiger partial charge in [0.1, 0.15) is 0 Å². The van der Waals surface area contributed by atoms with E-state index in [0.29, 0.717) is 32.6 Å². The molecule has 34 heavy (non-hydrogen) atoms. The van der Waals surface area contributed by atoms with Crippen LogP contribution in [0.25, 0.3) is 0 Å². The standard InChI is InChI=1S/C24H20BrN3O6/c1-33-20-12-15(11-19(25)22(20)34-14-21(29)30)13-26-28-24(32)17-7-9-18(10-8-17)27-23(31)16-5-3-2-4-6-16/h2-13H,14H2,1H3,(H,27,31)(H,28,32)(H,29,30)/b26-13+. The molecule has 0 atom stereocenters. The highest BCUT2D eigenvalue weighted by Crippen LogP contribution is 2.36. The number of carbonyl (C=O) groups excluding carboxylic acids is 2. The van der Waals surface area contributed by atoms with Gasteiger partial charge in [0.25, 0.3) is 11.8 Å². The Morgan fingerprint density at radius 3 is 2.32 bits per heavy atom. The van der Waals surface area contributed by atoms with Crippen molar-refractivity contribution in [2.24, 2.45) is 5.10 Å². The van der Waals surface area contributed by atoms with Gasteiger partial charge in [-0.05, 0) is 70.0 Å². The van der Waals surface area contributed by atoms with Gasteiger partial charge in [-0.1, -0.05) is 18.2 Å². The first kappa shape index (κ1) is 24.5. The van der Waals surface area contributed by atoms with Crippen LogP contribution in [0.3, 0.4) is 0 Å². The van der Waals surface area contributed by atoms with Crippen LogP contribution in [0.2, 0.25) is 0 Å². The summed E-state index contributed by atoms with van der Waals surface area (Å²) in [6.45, 7) is -0.521. The number of methoxy groups -OCH3 is 1. The number of hydrazone groups is 1. The largest absolute Gasteiger partial charge is 0.493 e. The average molecular weight is 526 g/mol. The maximum Gasteiger partial charge on any atom is 0.341 e. The molecule has 0 heterocycles. The minimum absolute atomic E-state index is 0.241. The molecule has 9 nitrogen and oxygen atoms in total. The molecule has 0 aliphatic heterocycles. The van der Waals surface area contributed by atoms with Crippen molar-refractivity contribution in [3.8, 4) is 11.5 Å². The SMILES string of the molecule is COc1cc(/C=N/NC(=O)c2ccc(NC(=O)c3ccccc3)cc2)cc(Br)c1OCC(=O)O. The number of carboxylic acid groups (broad SMARTS) is 1. The summed E-state index contributed by atoms with van der Waals surface area (Å²) in [6, 6.07) is 18.4. The maximum atomic E-state index is 12.4. The summed E-state index contributed by atoms with van der Waals surface area (Å²) in [5, 5.41) is 15.5.